The van der Waals surface area contributed by atoms with E-state index < -0.39 is 11.2 Å². The smallest absolute Gasteiger partial charge is 0.362 e. The Hall–Kier alpha value is -1.56. The molecular formula is C8H8N2O3S. The molecule has 2 N–H and O–H groups in total. The van der Waals surface area contributed by atoms with Crippen molar-refractivity contribution in [3.63, 3.8) is 0 Å². The number of nitrogens with one attached hydrogen (secondary N) is 1. The fraction of sp³-hybridized carbons (Fsp3) is 0.250. The number of H-pyrrole nitrogens is 1. The Morgan fingerprint density at radius 1 is 1.36 bits per heavy atom. The Bertz CT molecular complexity index is 620. The number of thiophene rings is 1. The monoisotopic (exact) mass is 212 g/mol. The summed E-state index contributed by atoms with van der Waals surface area (Å²) in [6.07, 6.45) is 0. The molecule has 0 spiro atoms. The van der Waals surface area contributed by atoms with Crippen molar-refractivity contribution in [2.45, 2.75) is 13.8 Å². The Morgan fingerprint density at radius 3 is 2.64 bits per heavy atom. The van der Waals surface area contributed by atoms with E-state index in [1.54, 1.807) is 6.92 Å². The van der Waals surface area contributed by atoms with Gasteiger partial charge in [-0.05, 0) is 19.4 Å². The van der Waals surface area contributed by atoms with Gasteiger partial charge >= 0.3 is 5.69 Å². The van der Waals surface area contributed by atoms with Crippen molar-refractivity contribution in [2.24, 2.45) is 0 Å². The van der Waals surface area contributed by atoms with E-state index in [0.717, 1.165) is 10.4 Å². The summed E-state index contributed by atoms with van der Waals surface area (Å²) in [7, 11) is 0. The summed E-state index contributed by atoms with van der Waals surface area (Å²) in [5.41, 5.74) is -0.664. The highest BCUT2D eigenvalue weighted by Crippen LogP contribution is 2.24. The number of nitrogens with zero attached hydrogens (tertiary/aromatic N) is 1. The largest absolute Gasteiger partial charge is 0.421 e. The Morgan fingerprint density at radius 2 is 2.00 bits per heavy atom. The zero-order valence-electron chi connectivity index (χ0n) is 7.62. The number of aromatic amines is 1. The second kappa shape index (κ2) is 2.71. The number of hydrogen-bond acceptors (Lipinski definition) is 4. The molecule has 0 unspecified atom stereocenters. The van der Waals surface area contributed by atoms with Gasteiger partial charge in [-0.1, -0.05) is 4.73 Å². The fourth-order valence-electron chi connectivity index (χ4n) is 1.32. The van der Waals surface area contributed by atoms with Crippen molar-refractivity contribution in [3.8, 4) is 0 Å². The predicted octanol–water partition coefficient (Wildman–Crippen LogP) is 0.605. The summed E-state index contributed by atoms with van der Waals surface area (Å²) in [6, 6.07) is 0. The third-order valence-electron chi connectivity index (χ3n) is 2.20. The molecule has 0 aliphatic carbocycles. The van der Waals surface area contributed by atoms with Crippen LogP contribution in [-0.2, 0) is 0 Å². The molecule has 0 fully saturated rings. The van der Waals surface area contributed by atoms with Crippen LogP contribution in [0.5, 0.6) is 0 Å². The van der Waals surface area contributed by atoms with Crippen molar-refractivity contribution < 1.29 is 5.21 Å². The van der Waals surface area contributed by atoms with Crippen LogP contribution < -0.4 is 11.2 Å². The minimum Gasteiger partial charge on any atom is -0.421 e. The van der Waals surface area contributed by atoms with Gasteiger partial charge in [0.1, 0.15) is 4.83 Å². The normalized spacial score (nSPS) is 11.0. The van der Waals surface area contributed by atoms with E-state index in [0.29, 0.717) is 10.2 Å². The van der Waals surface area contributed by atoms with E-state index in [1.807, 2.05) is 6.92 Å². The van der Waals surface area contributed by atoms with Crippen molar-refractivity contribution in [1.82, 2.24) is 9.71 Å². The van der Waals surface area contributed by atoms with E-state index in [1.165, 1.54) is 11.3 Å². The first-order valence-electron chi connectivity index (χ1n) is 3.96. The van der Waals surface area contributed by atoms with Gasteiger partial charge in [0.25, 0.3) is 5.56 Å². The SMILES string of the molecule is Cc1sc2[nH]c(=O)n(O)c(=O)c2c1C. The summed E-state index contributed by atoms with van der Waals surface area (Å²) in [5, 5.41) is 9.49. The van der Waals surface area contributed by atoms with E-state index in [-0.39, 0.29) is 4.73 Å². The summed E-state index contributed by atoms with van der Waals surface area (Å²) in [5.74, 6) is 0. The third-order valence-corrected chi connectivity index (χ3v) is 3.33. The van der Waals surface area contributed by atoms with Gasteiger partial charge in [-0.3, -0.25) is 9.78 Å². The molecule has 2 aromatic heterocycles. The minimum atomic E-state index is -0.802. The molecule has 6 heteroatoms. The van der Waals surface area contributed by atoms with Gasteiger partial charge < -0.3 is 5.21 Å². The van der Waals surface area contributed by atoms with Crippen molar-refractivity contribution >= 4 is 21.6 Å². The van der Waals surface area contributed by atoms with E-state index in [2.05, 4.69) is 4.98 Å². The molecular weight excluding hydrogens is 204 g/mol. The average molecular weight is 212 g/mol. The number of aromatic nitrogens is 2. The zero-order valence-corrected chi connectivity index (χ0v) is 8.44. The molecule has 74 valence electrons. The maximum atomic E-state index is 11.5. The highest BCUT2D eigenvalue weighted by atomic mass is 32.1. The molecule has 0 aliphatic rings. The van der Waals surface area contributed by atoms with Crippen LogP contribution in [0.3, 0.4) is 0 Å². The van der Waals surface area contributed by atoms with E-state index in [9.17, 15) is 9.59 Å². The van der Waals surface area contributed by atoms with Crippen LogP contribution in [0.4, 0.5) is 0 Å². The Balaban J connectivity index is 3.15. The first kappa shape index (κ1) is 9.01. The van der Waals surface area contributed by atoms with E-state index >= 15 is 0 Å². The maximum Gasteiger partial charge on any atom is 0.362 e. The molecule has 14 heavy (non-hydrogen) atoms. The molecule has 0 bridgehead atoms. The van der Waals surface area contributed by atoms with Gasteiger partial charge in [0, 0.05) is 4.88 Å². The maximum absolute atomic E-state index is 11.5. The highest BCUT2D eigenvalue weighted by Gasteiger charge is 2.12. The minimum absolute atomic E-state index is 0.0987. The lowest BCUT2D eigenvalue weighted by Crippen LogP contribution is -2.32. The third kappa shape index (κ3) is 1.00. The summed E-state index contributed by atoms with van der Waals surface area (Å²) in [6.45, 7) is 3.65. The summed E-state index contributed by atoms with van der Waals surface area (Å²) >= 11 is 1.34. The average Bonchev–Trinajstić information content (AvgIpc) is 2.39. The number of rotatable bonds is 0. The number of fused-ring (bicyclic) bond motifs is 1. The summed E-state index contributed by atoms with van der Waals surface area (Å²) in [4.78, 5) is 26.4. The number of aryl methyl sites for hydroxylation is 2. The van der Waals surface area contributed by atoms with Crippen LogP contribution in [0.15, 0.2) is 9.59 Å². The molecule has 0 radical (unpaired) electrons. The van der Waals surface area contributed by atoms with Gasteiger partial charge in [0.05, 0.1) is 5.39 Å². The molecule has 0 aromatic carbocycles. The van der Waals surface area contributed by atoms with E-state index in [4.69, 9.17) is 5.21 Å². The van der Waals surface area contributed by atoms with Crippen LogP contribution in [0.1, 0.15) is 10.4 Å². The number of hydrogen-bond donors (Lipinski definition) is 2. The lowest BCUT2D eigenvalue weighted by molar-refractivity contribution is 0.162. The molecule has 2 aromatic rings. The molecule has 0 atom stereocenters. The van der Waals surface area contributed by atoms with Gasteiger partial charge in [-0.25, -0.2) is 4.79 Å². The quantitative estimate of drug-likeness (QED) is 0.628. The predicted molar refractivity (Wildman–Crippen MR) is 53.4 cm³/mol. The van der Waals surface area contributed by atoms with Crippen molar-refractivity contribution in [2.75, 3.05) is 0 Å². The first-order valence-corrected chi connectivity index (χ1v) is 4.78. The fourth-order valence-corrected chi connectivity index (χ4v) is 2.36. The Labute approximate surface area is 82.2 Å². The van der Waals surface area contributed by atoms with Crippen molar-refractivity contribution in [1.29, 1.82) is 0 Å². The van der Waals surface area contributed by atoms with Gasteiger partial charge in [-0.15, -0.1) is 11.3 Å². The molecule has 0 saturated carbocycles. The lowest BCUT2D eigenvalue weighted by atomic mass is 10.2. The van der Waals surface area contributed by atoms with Gasteiger partial charge in [-0.2, -0.15) is 0 Å². The second-order valence-electron chi connectivity index (χ2n) is 3.03. The molecule has 2 rings (SSSR count). The Kier molecular flexibility index (Phi) is 1.75. The molecule has 5 nitrogen and oxygen atoms in total. The van der Waals surface area contributed by atoms with Crippen molar-refractivity contribution in [3.05, 3.63) is 31.3 Å². The van der Waals surface area contributed by atoms with Crippen LogP contribution in [-0.4, -0.2) is 14.9 Å². The molecule has 2 heterocycles. The standard InChI is InChI=1S/C8H8N2O3S/c1-3-4(2)14-6-5(3)7(11)10(13)8(12)9-6/h13H,1-2H3,(H,9,12). The second-order valence-corrected chi connectivity index (χ2v) is 4.26. The molecule has 0 amide bonds. The van der Waals surface area contributed by atoms with Crippen LogP contribution in [0, 0.1) is 13.8 Å². The lowest BCUT2D eigenvalue weighted by Gasteiger charge is -1.94. The topological polar surface area (TPSA) is 75.1 Å². The van der Waals surface area contributed by atoms with Crippen LogP contribution in [0.2, 0.25) is 0 Å². The first-order chi connectivity index (χ1) is 6.52. The summed E-state index contributed by atoms with van der Waals surface area (Å²) < 4.78 is 0.0987. The highest BCUT2D eigenvalue weighted by molar-refractivity contribution is 7.18. The molecule has 0 aliphatic heterocycles. The van der Waals surface area contributed by atoms with Gasteiger partial charge in [0.2, 0.25) is 0 Å². The zero-order chi connectivity index (χ0) is 10.5. The van der Waals surface area contributed by atoms with Gasteiger partial charge in [0.15, 0.2) is 0 Å². The van der Waals surface area contributed by atoms with Crippen LogP contribution >= 0.6 is 11.3 Å². The molecule has 0 saturated heterocycles. The van der Waals surface area contributed by atoms with Crippen LogP contribution in [0.25, 0.3) is 10.2 Å².